The van der Waals surface area contributed by atoms with Crippen LogP contribution in [0.5, 0.6) is 5.75 Å². The fourth-order valence-electron chi connectivity index (χ4n) is 2.30. The normalized spacial score (nSPS) is 14.9. The SMILES string of the molecule is CCC(C)(CNC(C)(C)C)Cc1cc(C)ccc1OC. The molecule has 0 saturated heterocycles. The number of ether oxygens (including phenoxy) is 1. The van der Waals surface area contributed by atoms with Crippen molar-refractivity contribution in [2.75, 3.05) is 13.7 Å². The largest absolute Gasteiger partial charge is 0.496 e. The molecule has 2 heteroatoms. The van der Waals surface area contributed by atoms with Crippen LogP contribution in [0.1, 0.15) is 52.2 Å². The average Bonchev–Trinajstić information content (AvgIpc) is 2.36. The molecule has 20 heavy (non-hydrogen) atoms. The van der Waals surface area contributed by atoms with Gasteiger partial charge >= 0.3 is 0 Å². The number of rotatable bonds is 6. The van der Waals surface area contributed by atoms with Gasteiger partial charge in [-0.3, -0.25) is 0 Å². The third kappa shape index (κ3) is 5.16. The van der Waals surface area contributed by atoms with Crippen LogP contribution >= 0.6 is 0 Å². The molecule has 0 radical (unpaired) electrons. The molecule has 2 nitrogen and oxygen atoms in total. The van der Waals surface area contributed by atoms with E-state index in [9.17, 15) is 0 Å². The average molecular weight is 277 g/mol. The highest BCUT2D eigenvalue weighted by molar-refractivity contribution is 5.37. The van der Waals surface area contributed by atoms with Gasteiger partial charge in [0.1, 0.15) is 5.75 Å². The zero-order valence-corrected chi connectivity index (χ0v) is 14.3. The first-order chi connectivity index (χ1) is 9.19. The molecule has 0 bridgehead atoms. The summed E-state index contributed by atoms with van der Waals surface area (Å²) in [5.41, 5.74) is 3.01. The van der Waals surface area contributed by atoms with Gasteiger partial charge in [0.2, 0.25) is 0 Å². The van der Waals surface area contributed by atoms with Gasteiger partial charge < -0.3 is 10.1 Å². The first-order valence-corrected chi connectivity index (χ1v) is 7.58. The second-order valence-electron chi connectivity index (χ2n) is 7.26. The zero-order chi connectivity index (χ0) is 15.4. The molecule has 1 N–H and O–H groups in total. The molecule has 0 saturated carbocycles. The maximum Gasteiger partial charge on any atom is 0.122 e. The van der Waals surface area contributed by atoms with Crippen LogP contribution in [0.15, 0.2) is 18.2 Å². The van der Waals surface area contributed by atoms with Gasteiger partial charge in [-0.05, 0) is 57.6 Å². The molecule has 0 amide bonds. The summed E-state index contributed by atoms with van der Waals surface area (Å²) in [6, 6.07) is 6.45. The Morgan fingerprint density at radius 3 is 2.30 bits per heavy atom. The van der Waals surface area contributed by atoms with Gasteiger partial charge in [-0.25, -0.2) is 0 Å². The van der Waals surface area contributed by atoms with Crippen molar-refractivity contribution in [3.05, 3.63) is 29.3 Å². The van der Waals surface area contributed by atoms with Crippen molar-refractivity contribution in [1.82, 2.24) is 5.32 Å². The molecule has 0 aromatic heterocycles. The van der Waals surface area contributed by atoms with E-state index in [1.165, 1.54) is 11.1 Å². The van der Waals surface area contributed by atoms with Crippen molar-refractivity contribution in [2.45, 2.75) is 59.9 Å². The number of hydrogen-bond donors (Lipinski definition) is 1. The van der Waals surface area contributed by atoms with E-state index in [4.69, 9.17) is 4.74 Å². The molecule has 1 aromatic carbocycles. The van der Waals surface area contributed by atoms with Gasteiger partial charge in [-0.1, -0.05) is 31.5 Å². The second kappa shape index (κ2) is 6.62. The summed E-state index contributed by atoms with van der Waals surface area (Å²) in [7, 11) is 1.75. The maximum atomic E-state index is 5.52. The molecule has 0 fully saturated rings. The van der Waals surface area contributed by atoms with Crippen molar-refractivity contribution in [3.8, 4) is 5.75 Å². The van der Waals surface area contributed by atoms with E-state index in [0.717, 1.165) is 25.1 Å². The lowest BCUT2D eigenvalue weighted by molar-refractivity contribution is 0.252. The number of hydrogen-bond acceptors (Lipinski definition) is 2. The molecular formula is C18H31NO. The fourth-order valence-corrected chi connectivity index (χ4v) is 2.30. The lowest BCUT2D eigenvalue weighted by Crippen LogP contribution is -2.43. The van der Waals surface area contributed by atoms with E-state index in [-0.39, 0.29) is 11.0 Å². The highest BCUT2D eigenvalue weighted by Gasteiger charge is 2.26. The lowest BCUT2D eigenvalue weighted by Gasteiger charge is -2.33. The van der Waals surface area contributed by atoms with Crippen LogP contribution < -0.4 is 10.1 Å². The first-order valence-electron chi connectivity index (χ1n) is 7.58. The summed E-state index contributed by atoms with van der Waals surface area (Å²) in [4.78, 5) is 0. The van der Waals surface area contributed by atoms with Gasteiger partial charge in [0.15, 0.2) is 0 Å². The second-order valence-corrected chi connectivity index (χ2v) is 7.26. The van der Waals surface area contributed by atoms with E-state index in [1.807, 2.05) is 0 Å². The van der Waals surface area contributed by atoms with E-state index >= 15 is 0 Å². The quantitative estimate of drug-likeness (QED) is 0.834. The molecule has 0 spiro atoms. The molecule has 1 unspecified atom stereocenters. The van der Waals surface area contributed by atoms with Crippen LogP contribution in [-0.4, -0.2) is 19.2 Å². The topological polar surface area (TPSA) is 21.3 Å². The minimum absolute atomic E-state index is 0.160. The zero-order valence-electron chi connectivity index (χ0n) is 14.3. The number of benzene rings is 1. The highest BCUT2D eigenvalue weighted by Crippen LogP contribution is 2.31. The lowest BCUT2D eigenvalue weighted by atomic mass is 9.80. The molecule has 0 aliphatic heterocycles. The highest BCUT2D eigenvalue weighted by atomic mass is 16.5. The van der Waals surface area contributed by atoms with Gasteiger partial charge in [0.25, 0.3) is 0 Å². The van der Waals surface area contributed by atoms with Crippen LogP contribution in [0.3, 0.4) is 0 Å². The van der Waals surface area contributed by atoms with Gasteiger partial charge in [0, 0.05) is 12.1 Å². The Morgan fingerprint density at radius 2 is 1.80 bits per heavy atom. The number of nitrogens with one attached hydrogen (secondary N) is 1. The third-order valence-corrected chi connectivity index (χ3v) is 3.95. The van der Waals surface area contributed by atoms with E-state index < -0.39 is 0 Å². The molecule has 0 aliphatic carbocycles. The van der Waals surface area contributed by atoms with Crippen LogP contribution in [0.4, 0.5) is 0 Å². The summed E-state index contributed by atoms with van der Waals surface area (Å²) in [6.45, 7) is 14.4. The Balaban J connectivity index is 2.89. The van der Waals surface area contributed by atoms with Gasteiger partial charge in [0.05, 0.1) is 7.11 Å². The maximum absolute atomic E-state index is 5.52. The fraction of sp³-hybridized carbons (Fsp3) is 0.667. The van der Waals surface area contributed by atoms with Crippen LogP contribution in [-0.2, 0) is 6.42 Å². The van der Waals surface area contributed by atoms with Crippen molar-refractivity contribution in [3.63, 3.8) is 0 Å². The Morgan fingerprint density at radius 1 is 1.15 bits per heavy atom. The van der Waals surface area contributed by atoms with Crippen molar-refractivity contribution in [2.24, 2.45) is 5.41 Å². The predicted molar refractivity (Wildman–Crippen MR) is 87.6 cm³/mol. The van der Waals surface area contributed by atoms with Crippen molar-refractivity contribution in [1.29, 1.82) is 0 Å². The first kappa shape index (κ1) is 17.0. The summed E-state index contributed by atoms with van der Waals surface area (Å²) < 4.78 is 5.52. The summed E-state index contributed by atoms with van der Waals surface area (Å²) in [5, 5.41) is 3.64. The van der Waals surface area contributed by atoms with Crippen LogP contribution in [0.2, 0.25) is 0 Å². The molecule has 1 atom stereocenters. The summed E-state index contributed by atoms with van der Waals surface area (Å²) in [5.74, 6) is 1.01. The van der Waals surface area contributed by atoms with E-state index in [1.54, 1.807) is 7.11 Å². The smallest absolute Gasteiger partial charge is 0.122 e. The molecule has 114 valence electrons. The van der Waals surface area contributed by atoms with Gasteiger partial charge in [-0.15, -0.1) is 0 Å². The monoisotopic (exact) mass is 277 g/mol. The van der Waals surface area contributed by atoms with Gasteiger partial charge in [-0.2, -0.15) is 0 Å². The minimum atomic E-state index is 0.160. The summed E-state index contributed by atoms with van der Waals surface area (Å²) in [6.07, 6.45) is 2.19. The summed E-state index contributed by atoms with van der Waals surface area (Å²) >= 11 is 0. The molecular weight excluding hydrogens is 246 g/mol. The molecule has 1 aromatic rings. The Labute approximate surface area is 124 Å². The van der Waals surface area contributed by atoms with E-state index in [0.29, 0.717) is 0 Å². The molecule has 0 aliphatic rings. The number of aryl methyl sites for hydroxylation is 1. The van der Waals surface area contributed by atoms with Crippen molar-refractivity contribution < 1.29 is 4.74 Å². The standard InChI is InChI=1S/C18H31NO/c1-8-18(6,13-19-17(3,4)5)12-15-11-14(2)9-10-16(15)20-7/h9-11,19H,8,12-13H2,1-7H3. The molecule has 0 heterocycles. The Kier molecular flexibility index (Phi) is 5.64. The van der Waals surface area contributed by atoms with E-state index in [2.05, 4.69) is 65.1 Å². The molecule has 1 rings (SSSR count). The Bertz CT molecular complexity index is 434. The minimum Gasteiger partial charge on any atom is -0.496 e. The predicted octanol–water partition coefficient (Wildman–Crippen LogP) is 4.35. The Hall–Kier alpha value is -1.02. The van der Waals surface area contributed by atoms with Crippen LogP contribution in [0.25, 0.3) is 0 Å². The van der Waals surface area contributed by atoms with Crippen molar-refractivity contribution >= 4 is 0 Å². The van der Waals surface area contributed by atoms with Crippen LogP contribution in [0, 0.1) is 12.3 Å². The number of methoxy groups -OCH3 is 1. The third-order valence-electron chi connectivity index (χ3n) is 3.95.